The van der Waals surface area contributed by atoms with Crippen molar-refractivity contribution in [3.63, 3.8) is 0 Å². The Labute approximate surface area is 168 Å². The van der Waals surface area contributed by atoms with Crippen molar-refractivity contribution in [2.75, 3.05) is 12.1 Å². The molecule has 0 saturated heterocycles. The van der Waals surface area contributed by atoms with E-state index in [4.69, 9.17) is 21.1 Å². The van der Waals surface area contributed by atoms with Crippen molar-refractivity contribution in [1.82, 2.24) is 15.5 Å². The summed E-state index contributed by atoms with van der Waals surface area (Å²) in [6, 6.07) is 12.1. The van der Waals surface area contributed by atoms with Gasteiger partial charge in [0.15, 0.2) is 11.5 Å². The second-order valence-electron chi connectivity index (χ2n) is 5.75. The van der Waals surface area contributed by atoms with E-state index >= 15 is 0 Å². The van der Waals surface area contributed by atoms with Crippen LogP contribution in [0.25, 0.3) is 0 Å². The Morgan fingerprint density at radius 2 is 1.82 bits per heavy atom. The van der Waals surface area contributed by atoms with Crippen LogP contribution < -0.4 is 20.1 Å². The molecule has 1 aliphatic rings. The number of hydrogen-bond donors (Lipinski definition) is 2. The standard InChI is InChI=1S/C18H13ClN4O4S/c19-11-2-1-3-12(7-11)21-16(25)18-23-22-17(28-18)15(24)20-8-10-4-5-13-14(6-10)27-9-26-13/h1-7H,8-9H2,(H,20,24)(H,21,25). The first-order chi connectivity index (χ1) is 13.6. The molecule has 2 N–H and O–H groups in total. The first-order valence-corrected chi connectivity index (χ1v) is 9.35. The number of aromatic nitrogens is 2. The Balaban J connectivity index is 1.36. The van der Waals surface area contributed by atoms with Gasteiger partial charge < -0.3 is 20.1 Å². The molecule has 0 fully saturated rings. The maximum atomic E-state index is 12.3. The largest absolute Gasteiger partial charge is 0.454 e. The van der Waals surface area contributed by atoms with Crippen molar-refractivity contribution in [2.45, 2.75) is 6.54 Å². The number of carbonyl (C=O) groups is 2. The highest BCUT2D eigenvalue weighted by molar-refractivity contribution is 7.15. The van der Waals surface area contributed by atoms with E-state index in [1.807, 2.05) is 6.07 Å². The normalized spacial score (nSPS) is 11.9. The number of ether oxygens (including phenoxy) is 2. The number of halogens is 1. The first-order valence-electron chi connectivity index (χ1n) is 8.15. The van der Waals surface area contributed by atoms with E-state index in [-0.39, 0.29) is 23.4 Å². The van der Waals surface area contributed by atoms with E-state index in [0.717, 1.165) is 16.9 Å². The number of carbonyl (C=O) groups excluding carboxylic acids is 2. The second-order valence-corrected chi connectivity index (χ2v) is 7.16. The van der Waals surface area contributed by atoms with Crippen LogP contribution in [0.5, 0.6) is 11.5 Å². The monoisotopic (exact) mass is 416 g/mol. The molecule has 142 valence electrons. The number of nitrogens with one attached hydrogen (secondary N) is 2. The zero-order chi connectivity index (χ0) is 19.5. The Morgan fingerprint density at radius 3 is 2.64 bits per heavy atom. The van der Waals surface area contributed by atoms with Gasteiger partial charge in [-0.25, -0.2) is 0 Å². The summed E-state index contributed by atoms with van der Waals surface area (Å²) in [6.45, 7) is 0.467. The fourth-order valence-corrected chi connectivity index (χ4v) is 3.31. The van der Waals surface area contributed by atoms with Gasteiger partial charge in [-0.3, -0.25) is 9.59 Å². The van der Waals surface area contributed by atoms with Crippen molar-refractivity contribution >= 4 is 40.4 Å². The van der Waals surface area contributed by atoms with Crippen molar-refractivity contribution in [3.8, 4) is 11.5 Å². The molecule has 2 heterocycles. The van der Waals surface area contributed by atoms with Crippen LogP contribution in [0.15, 0.2) is 42.5 Å². The molecular weight excluding hydrogens is 404 g/mol. The van der Waals surface area contributed by atoms with Gasteiger partial charge >= 0.3 is 0 Å². The third-order valence-corrected chi connectivity index (χ3v) is 4.94. The number of benzene rings is 2. The van der Waals surface area contributed by atoms with Crippen molar-refractivity contribution in [2.24, 2.45) is 0 Å². The van der Waals surface area contributed by atoms with Crippen LogP contribution in [0.4, 0.5) is 5.69 Å². The fraction of sp³-hybridized carbons (Fsp3) is 0.111. The molecule has 0 radical (unpaired) electrons. The molecular formula is C18H13ClN4O4S. The molecule has 2 amide bonds. The summed E-state index contributed by atoms with van der Waals surface area (Å²) in [6.07, 6.45) is 0. The molecule has 0 bridgehead atoms. The molecule has 10 heteroatoms. The van der Waals surface area contributed by atoms with Crippen molar-refractivity contribution in [1.29, 1.82) is 0 Å². The fourth-order valence-electron chi connectivity index (χ4n) is 2.47. The summed E-state index contributed by atoms with van der Waals surface area (Å²) in [5, 5.41) is 13.6. The molecule has 3 aromatic rings. The lowest BCUT2D eigenvalue weighted by molar-refractivity contribution is 0.0948. The van der Waals surface area contributed by atoms with Crippen LogP contribution in [0.2, 0.25) is 5.02 Å². The van der Waals surface area contributed by atoms with Gasteiger partial charge in [0.2, 0.25) is 16.8 Å². The Bertz CT molecular complexity index is 1060. The molecule has 0 saturated carbocycles. The topological polar surface area (TPSA) is 102 Å². The van der Waals surface area contributed by atoms with Crippen LogP contribution in [-0.4, -0.2) is 28.8 Å². The quantitative estimate of drug-likeness (QED) is 0.662. The van der Waals surface area contributed by atoms with Gasteiger partial charge in [-0.15, -0.1) is 10.2 Å². The van der Waals surface area contributed by atoms with Gasteiger partial charge in [-0.2, -0.15) is 0 Å². The van der Waals surface area contributed by atoms with E-state index < -0.39 is 11.8 Å². The molecule has 4 rings (SSSR count). The highest BCUT2D eigenvalue weighted by Gasteiger charge is 2.18. The number of fused-ring (bicyclic) bond motifs is 1. The predicted molar refractivity (Wildman–Crippen MR) is 103 cm³/mol. The van der Waals surface area contributed by atoms with Gasteiger partial charge in [0.1, 0.15) is 0 Å². The zero-order valence-corrected chi connectivity index (χ0v) is 15.8. The highest BCUT2D eigenvalue weighted by atomic mass is 35.5. The molecule has 1 aliphatic heterocycles. The van der Waals surface area contributed by atoms with Gasteiger partial charge in [-0.05, 0) is 35.9 Å². The minimum atomic E-state index is -0.463. The van der Waals surface area contributed by atoms with Crippen molar-refractivity contribution < 1.29 is 19.1 Å². The van der Waals surface area contributed by atoms with E-state index in [1.165, 1.54) is 0 Å². The lowest BCUT2D eigenvalue weighted by Gasteiger charge is -2.04. The summed E-state index contributed by atoms with van der Waals surface area (Å²) in [5.74, 6) is 0.434. The Kier molecular flexibility index (Phi) is 5.09. The smallest absolute Gasteiger partial charge is 0.286 e. The maximum absolute atomic E-state index is 12.3. The average molecular weight is 417 g/mol. The van der Waals surface area contributed by atoms with E-state index in [0.29, 0.717) is 22.2 Å². The maximum Gasteiger partial charge on any atom is 0.286 e. The van der Waals surface area contributed by atoms with Crippen LogP contribution in [0, 0.1) is 0 Å². The summed E-state index contributed by atoms with van der Waals surface area (Å²) < 4.78 is 10.6. The Hall–Kier alpha value is -3.17. The first kappa shape index (κ1) is 18.2. The van der Waals surface area contributed by atoms with Crippen LogP contribution in [0.3, 0.4) is 0 Å². The van der Waals surface area contributed by atoms with E-state index in [9.17, 15) is 9.59 Å². The molecule has 28 heavy (non-hydrogen) atoms. The third kappa shape index (κ3) is 4.05. The zero-order valence-electron chi connectivity index (χ0n) is 14.3. The molecule has 8 nitrogen and oxygen atoms in total. The molecule has 0 atom stereocenters. The number of hydrogen-bond acceptors (Lipinski definition) is 7. The molecule has 1 aromatic heterocycles. The number of anilines is 1. The summed E-state index contributed by atoms with van der Waals surface area (Å²) in [4.78, 5) is 24.5. The number of amides is 2. The van der Waals surface area contributed by atoms with Crippen LogP contribution in [-0.2, 0) is 6.54 Å². The Morgan fingerprint density at radius 1 is 1.04 bits per heavy atom. The predicted octanol–water partition coefficient (Wildman–Crippen LogP) is 3.10. The molecule has 2 aromatic carbocycles. The average Bonchev–Trinajstić information content (AvgIpc) is 3.35. The number of rotatable bonds is 5. The van der Waals surface area contributed by atoms with Gasteiger partial charge in [0.25, 0.3) is 11.8 Å². The van der Waals surface area contributed by atoms with E-state index in [1.54, 1.807) is 36.4 Å². The van der Waals surface area contributed by atoms with Crippen molar-refractivity contribution in [3.05, 3.63) is 63.1 Å². The van der Waals surface area contributed by atoms with Gasteiger partial charge in [-0.1, -0.05) is 35.1 Å². The highest BCUT2D eigenvalue weighted by Crippen LogP contribution is 2.32. The van der Waals surface area contributed by atoms with Crippen LogP contribution >= 0.6 is 22.9 Å². The lowest BCUT2D eigenvalue weighted by Crippen LogP contribution is -2.22. The second kappa shape index (κ2) is 7.83. The minimum absolute atomic E-state index is 0.0770. The summed E-state index contributed by atoms with van der Waals surface area (Å²) in [5.41, 5.74) is 1.38. The molecule has 0 unspecified atom stereocenters. The SMILES string of the molecule is O=C(NCc1ccc2c(c1)OCO2)c1nnc(C(=O)Nc2cccc(Cl)c2)s1. The van der Waals surface area contributed by atoms with Crippen LogP contribution in [0.1, 0.15) is 25.2 Å². The van der Waals surface area contributed by atoms with Gasteiger partial charge in [0.05, 0.1) is 0 Å². The summed E-state index contributed by atoms with van der Waals surface area (Å²) >= 11 is 6.80. The molecule has 0 aliphatic carbocycles. The third-order valence-electron chi connectivity index (χ3n) is 3.79. The summed E-state index contributed by atoms with van der Waals surface area (Å²) in [7, 11) is 0. The minimum Gasteiger partial charge on any atom is -0.454 e. The molecule has 0 spiro atoms. The van der Waals surface area contributed by atoms with E-state index in [2.05, 4.69) is 20.8 Å². The van der Waals surface area contributed by atoms with Gasteiger partial charge in [0, 0.05) is 17.3 Å². The lowest BCUT2D eigenvalue weighted by atomic mass is 10.2. The number of nitrogens with zero attached hydrogens (tertiary/aromatic N) is 2.